The summed E-state index contributed by atoms with van der Waals surface area (Å²) in [6, 6.07) is 0. The number of hydrogen-bond donors (Lipinski definition) is 3. The van der Waals surface area contributed by atoms with Crippen LogP contribution >= 0.6 is 0 Å². The SMILES string of the molecule is CCCNC(=O)CN=C(NCC)NCCC(OCC)C(C)C. The zero-order chi connectivity index (χ0) is 16.8. The van der Waals surface area contributed by atoms with Crippen LogP contribution in [0.4, 0.5) is 0 Å². The second-order valence-electron chi connectivity index (χ2n) is 5.50. The van der Waals surface area contributed by atoms with Gasteiger partial charge < -0.3 is 20.7 Å². The maximum Gasteiger partial charge on any atom is 0.241 e. The monoisotopic (exact) mass is 314 g/mol. The van der Waals surface area contributed by atoms with Gasteiger partial charge in [0.2, 0.25) is 5.91 Å². The lowest BCUT2D eigenvalue weighted by Crippen LogP contribution is -2.40. The third-order valence-corrected chi connectivity index (χ3v) is 3.14. The number of hydrogen-bond acceptors (Lipinski definition) is 3. The average Bonchev–Trinajstić information content (AvgIpc) is 2.49. The number of carbonyl (C=O) groups excluding carboxylic acids is 1. The molecule has 0 aromatic heterocycles. The highest BCUT2D eigenvalue weighted by atomic mass is 16.5. The quantitative estimate of drug-likeness (QED) is 0.399. The van der Waals surface area contributed by atoms with Gasteiger partial charge in [0.1, 0.15) is 6.54 Å². The molecule has 0 aliphatic heterocycles. The maximum atomic E-state index is 11.6. The number of rotatable bonds is 11. The third-order valence-electron chi connectivity index (χ3n) is 3.14. The predicted octanol–water partition coefficient (Wildman–Crippen LogP) is 1.52. The van der Waals surface area contributed by atoms with Gasteiger partial charge in [-0.3, -0.25) is 4.79 Å². The number of guanidine groups is 1. The molecule has 0 aromatic carbocycles. The van der Waals surface area contributed by atoms with E-state index in [4.69, 9.17) is 4.74 Å². The Kier molecular flexibility index (Phi) is 12.6. The Balaban J connectivity index is 4.24. The Bertz CT molecular complexity index is 319. The fraction of sp³-hybridized carbons (Fsp3) is 0.875. The molecule has 3 N–H and O–H groups in total. The van der Waals surface area contributed by atoms with Gasteiger partial charge in [0.15, 0.2) is 5.96 Å². The average molecular weight is 314 g/mol. The number of amides is 1. The first-order valence-corrected chi connectivity index (χ1v) is 8.45. The Labute approximate surface area is 135 Å². The molecular weight excluding hydrogens is 280 g/mol. The highest BCUT2D eigenvalue weighted by molar-refractivity contribution is 5.84. The van der Waals surface area contributed by atoms with Crippen LogP contribution in [0.5, 0.6) is 0 Å². The van der Waals surface area contributed by atoms with Crippen molar-refractivity contribution in [1.29, 1.82) is 0 Å². The van der Waals surface area contributed by atoms with E-state index in [1.54, 1.807) is 0 Å². The molecule has 0 rings (SSSR count). The van der Waals surface area contributed by atoms with Gasteiger partial charge in [0.25, 0.3) is 0 Å². The summed E-state index contributed by atoms with van der Waals surface area (Å²) in [6.07, 6.45) is 2.09. The number of aliphatic imine (C=N–C) groups is 1. The molecule has 0 aromatic rings. The molecule has 0 aliphatic carbocycles. The molecule has 22 heavy (non-hydrogen) atoms. The van der Waals surface area contributed by atoms with Crippen LogP contribution in [-0.4, -0.2) is 50.8 Å². The number of ether oxygens (including phenoxy) is 1. The molecule has 0 bridgehead atoms. The summed E-state index contributed by atoms with van der Waals surface area (Å²) in [6.45, 7) is 13.5. The minimum atomic E-state index is -0.0478. The van der Waals surface area contributed by atoms with Crippen molar-refractivity contribution in [3.05, 3.63) is 0 Å². The number of nitrogens with zero attached hydrogens (tertiary/aromatic N) is 1. The van der Waals surface area contributed by atoms with Crippen molar-refractivity contribution in [2.45, 2.75) is 53.6 Å². The van der Waals surface area contributed by atoms with Crippen LogP contribution in [0.1, 0.15) is 47.5 Å². The number of nitrogens with one attached hydrogen (secondary N) is 3. The molecule has 0 aliphatic rings. The molecular formula is C16H34N4O2. The van der Waals surface area contributed by atoms with E-state index in [1.165, 1.54) is 0 Å². The van der Waals surface area contributed by atoms with E-state index in [2.05, 4.69) is 34.8 Å². The van der Waals surface area contributed by atoms with Crippen LogP contribution in [-0.2, 0) is 9.53 Å². The Morgan fingerprint density at radius 3 is 2.36 bits per heavy atom. The Morgan fingerprint density at radius 2 is 1.82 bits per heavy atom. The van der Waals surface area contributed by atoms with Gasteiger partial charge in [-0.05, 0) is 32.6 Å². The van der Waals surface area contributed by atoms with Gasteiger partial charge in [-0.1, -0.05) is 20.8 Å². The topological polar surface area (TPSA) is 74.8 Å². The summed E-state index contributed by atoms with van der Waals surface area (Å²) < 4.78 is 5.72. The van der Waals surface area contributed by atoms with Gasteiger partial charge >= 0.3 is 0 Å². The van der Waals surface area contributed by atoms with E-state index in [0.717, 1.165) is 32.5 Å². The normalized spacial score (nSPS) is 13.1. The van der Waals surface area contributed by atoms with Crippen LogP contribution in [0.2, 0.25) is 0 Å². The summed E-state index contributed by atoms with van der Waals surface area (Å²) in [7, 11) is 0. The summed E-state index contributed by atoms with van der Waals surface area (Å²) in [4.78, 5) is 15.9. The molecule has 0 spiro atoms. The van der Waals surface area contributed by atoms with Crippen molar-refractivity contribution >= 4 is 11.9 Å². The smallest absolute Gasteiger partial charge is 0.241 e. The minimum absolute atomic E-state index is 0.0478. The highest BCUT2D eigenvalue weighted by Gasteiger charge is 2.13. The molecule has 6 nitrogen and oxygen atoms in total. The molecule has 0 saturated heterocycles. The first kappa shape index (κ1) is 20.7. The summed E-state index contributed by atoms with van der Waals surface area (Å²) >= 11 is 0. The molecule has 1 unspecified atom stereocenters. The Morgan fingerprint density at radius 1 is 1.09 bits per heavy atom. The van der Waals surface area contributed by atoms with Crippen LogP contribution < -0.4 is 16.0 Å². The summed E-state index contributed by atoms with van der Waals surface area (Å²) in [5, 5.41) is 9.22. The van der Waals surface area contributed by atoms with Crippen molar-refractivity contribution in [2.75, 3.05) is 32.8 Å². The summed E-state index contributed by atoms with van der Waals surface area (Å²) in [5.41, 5.74) is 0. The molecule has 0 heterocycles. The lowest BCUT2D eigenvalue weighted by molar-refractivity contribution is -0.119. The lowest BCUT2D eigenvalue weighted by Gasteiger charge is -2.21. The molecule has 6 heteroatoms. The second-order valence-corrected chi connectivity index (χ2v) is 5.50. The first-order chi connectivity index (χ1) is 10.5. The van der Waals surface area contributed by atoms with Crippen LogP contribution in [0.15, 0.2) is 4.99 Å². The standard InChI is InChI=1S/C16H34N4O2/c1-6-10-18-15(21)12-20-16(17-7-2)19-11-9-14(13(4)5)22-8-3/h13-14H,6-12H2,1-5H3,(H,18,21)(H2,17,19,20). The third kappa shape index (κ3) is 10.4. The van der Waals surface area contributed by atoms with Crippen molar-refractivity contribution in [3.8, 4) is 0 Å². The summed E-state index contributed by atoms with van der Waals surface area (Å²) in [5.74, 6) is 1.11. The van der Waals surface area contributed by atoms with E-state index in [0.29, 0.717) is 18.4 Å². The lowest BCUT2D eigenvalue weighted by atomic mass is 10.0. The van der Waals surface area contributed by atoms with Crippen LogP contribution in [0.3, 0.4) is 0 Å². The van der Waals surface area contributed by atoms with Gasteiger partial charge in [-0.2, -0.15) is 0 Å². The highest BCUT2D eigenvalue weighted by Crippen LogP contribution is 2.09. The van der Waals surface area contributed by atoms with Gasteiger partial charge in [-0.25, -0.2) is 4.99 Å². The molecule has 1 atom stereocenters. The van der Waals surface area contributed by atoms with E-state index >= 15 is 0 Å². The van der Waals surface area contributed by atoms with E-state index < -0.39 is 0 Å². The van der Waals surface area contributed by atoms with Crippen molar-refractivity contribution in [2.24, 2.45) is 10.9 Å². The van der Waals surface area contributed by atoms with Crippen molar-refractivity contribution in [1.82, 2.24) is 16.0 Å². The molecule has 0 saturated carbocycles. The van der Waals surface area contributed by atoms with E-state index in [-0.39, 0.29) is 18.6 Å². The van der Waals surface area contributed by atoms with E-state index in [1.807, 2.05) is 20.8 Å². The molecule has 130 valence electrons. The Hall–Kier alpha value is -1.30. The van der Waals surface area contributed by atoms with Gasteiger partial charge in [-0.15, -0.1) is 0 Å². The molecule has 1 amide bonds. The predicted molar refractivity (Wildman–Crippen MR) is 92.2 cm³/mol. The second kappa shape index (κ2) is 13.4. The molecule has 0 radical (unpaired) electrons. The van der Waals surface area contributed by atoms with Crippen molar-refractivity contribution < 1.29 is 9.53 Å². The largest absolute Gasteiger partial charge is 0.378 e. The fourth-order valence-electron chi connectivity index (χ4n) is 1.97. The zero-order valence-corrected chi connectivity index (χ0v) is 14.9. The minimum Gasteiger partial charge on any atom is -0.378 e. The fourth-order valence-corrected chi connectivity index (χ4v) is 1.97. The van der Waals surface area contributed by atoms with Gasteiger partial charge in [0.05, 0.1) is 6.10 Å². The number of carbonyl (C=O) groups is 1. The van der Waals surface area contributed by atoms with Crippen LogP contribution in [0.25, 0.3) is 0 Å². The molecule has 0 fully saturated rings. The van der Waals surface area contributed by atoms with E-state index in [9.17, 15) is 4.79 Å². The van der Waals surface area contributed by atoms with Crippen LogP contribution in [0, 0.1) is 5.92 Å². The maximum absolute atomic E-state index is 11.6. The zero-order valence-electron chi connectivity index (χ0n) is 14.9. The van der Waals surface area contributed by atoms with Crippen molar-refractivity contribution in [3.63, 3.8) is 0 Å². The first-order valence-electron chi connectivity index (χ1n) is 8.45. The van der Waals surface area contributed by atoms with Gasteiger partial charge in [0, 0.05) is 26.2 Å².